The van der Waals surface area contributed by atoms with E-state index in [9.17, 15) is 4.79 Å². The number of nitrogens with one attached hydrogen (secondary N) is 1. The van der Waals surface area contributed by atoms with Crippen molar-refractivity contribution >= 4 is 17.2 Å². The molecule has 2 aliphatic rings. The molecule has 2 atom stereocenters. The molecule has 4 rings (SSSR count). The van der Waals surface area contributed by atoms with E-state index >= 15 is 0 Å². The molecule has 1 aromatic carbocycles. The van der Waals surface area contributed by atoms with Gasteiger partial charge in [-0.15, -0.1) is 11.3 Å². The largest absolute Gasteiger partial charge is 0.486 e. The number of carbonyl (C=O) groups is 1. The van der Waals surface area contributed by atoms with Gasteiger partial charge in [-0.3, -0.25) is 9.69 Å². The number of fused-ring (bicyclic) bond motifs is 1. The average Bonchev–Trinajstić information content (AvgIpc) is 3.33. The lowest BCUT2D eigenvalue weighted by molar-refractivity contribution is -0.123. The van der Waals surface area contributed by atoms with Crippen molar-refractivity contribution in [3.8, 4) is 11.5 Å². The number of carbonyl (C=O) groups excluding carboxylic acids is 1. The van der Waals surface area contributed by atoms with Gasteiger partial charge in [-0.25, -0.2) is 0 Å². The Bertz CT molecular complexity index is 762. The van der Waals surface area contributed by atoms with Crippen molar-refractivity contribution in [3.63, 3.8) is 0 Å². The molecule has 1 fully saturated rings. The van der Waals surface area contributed by atoms with E-state index in [2.05, 4.69) is 28.4 Å². The Hall–Kier alpha value is -2.05. The Morgan fingerprint density at radius 1 is 1.31 bits per heavy atom. The number of amides is 1. The standard InChI is InChI=1S/C20H24N2O3S/c1-14(19-5-3-11-26-19)21-20(23)13-22-8-2-4-16(22)15-6-7-17-18(12-15)25-10-9-24-17/h3,5-7,11-12,14,16H,2,4,8-10,13H2,1H3,(H,21,23). The van der Waals surface area contributed by atoms with Gasteiger partial charge >= 0.3 is 0 Å². The molecule has 1 saturated heterocycles. The molecule has 3 heterocycles. The predicted molar refractivity (Wildman–Crippen MR) is 102 cm³/mol. The van der Waals surface area contributed by atoms with Crippen LogP contribution in [0.5, 0.6) is 11.5 Å². The highest BCUT2D eigenvalue weighted by Crippen LogP contribution is 2.37. The van der Waals surface area contributed by atoms with Gasteiger partial charge in [0, 0.05) is 10.9 Å². The average molecular weight is 372 g/mol. The highest BCUT2D eigenvalue weighted by Gasteiger charge is 2.29. The van der Waals surface area contributed by atoms with Crippen molar-refractivity contribution in [3.05, 3.63) is 46.2 Å². The van der Waals surface area contributed by atoms with Gasteiger partial charge in [-0.1, -0.05) is 12.1 Å². The van der Waals surface area contributed by atoms with E-state index in [-0.39, 0.29) is 18.0 Å². The second-order valence-corrected chi connectivity index (χ2v) is 7.82. The molecule has 1 amide bonds. The Labute approximate surface area is 157 Å². The number of hydrogen-bond donors (Lipinski definition) is 1. The van der Waals surface area contributed by atoms with Crippen LogP contribution in [0, 0.1) is 0 Å². The van der Waals surface area contributed by atoms with Crippen LogP contribution in [0.15, 0.2) is 35.7 Å². The molecule has 0 saturated carbocycles. The Morgan fingerprint density at radius 3 is 2.96 bits per heavy atom. The molecular formula is C20H24N2O3S. The first-order valence-electron chi connectivity index (χ1n) is 9.17. The molecule has 0 spiro atoms. The van der Waals surface area contributed by atoms with Gasteiger partial charge in [0.05, 0.1) is 12.6 Å². The highest BCUT2D eigenvalue weighted by molar-refractivity contribution is 7.10. The molecule has 1 aromatic heterocycles. The van der Waals surface area contributed by atoms with Gasteiger partial charge in [0.25, 0.3) is 0 Å². The van der Waals surface area contributed by atoms with E-state index in [4.69, 9.17) is 9.47 Å². The fourth-order valence-electron chi connectivity index (χ4n) is 3.74. The Balaban J connectivity index is 1.41. The number of thiophene rings is 1. The van der Waals surface area contributed by atoms with Crippen molar-refractivity contribution in [2.24, 2.45) is 0 Å². The van der Waals surface area contributed by atoms with Crippen molar-refractivity contribution in [1.82, 2.24) is 10.2 Å². The molecule has 2 aromatic rings. The summed E-state index contributed by atoms with van der Waals surface area (Å²) in [7, 11) is 0. The predicted octanol–water partition coefficient (Wildman–Crippen LogP) is 3.53. The SMILES string of the molecule is CC(NC(=O)CN1CCCC1c1ccc2c(c1)OCCO2)c1cccs1. The summed E-state index contributed by atoms with van der Waals surface area (Å²) in [6.45, 7) is 4.60. The topological polar surface area (TPSA) is 50.8 Å². The van der Waals surface area contributed by atoms with E-state index in [1.54, 1.807) is 11.3 Å². The summed E-state index contributed by atoms with van der Waals surface area (Å²) < 4.78 is 11.3. The maximum Gasteiger partial charge on any atom is 0.234 e. The van der Waals surface area contributed by atoms with Crippen LogP contribution in [0.3, 0.4) is 0 Å². The minimum absolute atomic E-state index is 0.0536. The normalized spacial score (nSPS) is 20.7. The summed E-state index contributed by atoms with van der Waals surface area (Å²) in [5.74, 6) is 1.71. The summed E-state index contributed by atoms with van der Waals surface area (Å²) in [6, 6.07) is 10.5. The molecule has 5 nitrogen and oxygen atoms in total. The third-order valence-electron chi connectivity index (χ3n) is 5.01. The molecule has 0 bridgehead atoms. The van der Waals surface area contributed by atoms with Gasteiger partial charge in [0.1, 0.15) is 13.2 Å². The summed E-state index contributed by atoms with van der Waals surface area (Å²) in [5.41, 5.74) is 1.20. The zero-order chi connectivity index (χ0) is 17.9. The smallest absolute Gasteiger partial charge is 0.234 e. The van der Waals surface area contributed by atoms with Gasteiger partial charge in [-0.2, -0.15) is 0 Å². The summed E-state index contributed by atoms with van der Waals surface area (Å²) in [5, 5.41) is 5.15. The quantitative estimate of drug-likeness (QED) is 0.872. The Morgan fingerprint density at radius 2 is 2.15 bits per heavy atom. The summed E-state index contributed by atoms with van der Waals surface area (Å²) in [6.07, 6.45) is 2.17. The molecule has 1 N–H and O–H groups in total. The number of rotatable bonds is 5. The zero-order valence-electron chi connectivity index (χ0n) is 14.9. The van der Waals surface area contributed by atoms with Crippen LogP contribution in [0.1, 0.15) is 42.3 Å². The number of ether oxygens (including phenoxy) is 2. The second-order valence-electron chi connectivity index (χ2n) is 6.84. The maximum absolute atomic E-state index is 12.5. The number of nitrogens with zero attached hydrogens (tertiary/aromatic N) is 1. The molecule has 0 radical (unpaired) electrons. The minimum Gasteiger partial charge on any atom is -0.486 e. The van der Waals surface area contributed by atoms with Crippen LogP contribution < -0.4 is 14.8 Å². The minimum atomic E-state index is 0.0536. The summed E-state index contributed by atoms with van der Waals surface area (Å²) >= 11 is 1.67. The van der Waals surface area contributed by atoms with Crippen LogP contribution >= 0.6 is 11.3 Å². The lowest BCUT2D eigenvalue weighted by Gasteiger charge is -2.26. The van der Waals surface area contributed by atoms with Crippen LogP contribution in [0.4, 0.5) is 0 Å². The number of benzene rings is 1. The van der Waals surface area contributed by atoms with E-state index in [0.29, 0.717) is 19.8 Å². The number of likely N-dealkylation sites (tertiary alicyclic amines) is 1. The van der Waals surface area contributed by atoms with Crippen LogP contribution in [-0.2, 0) is 4.79 Å². The van der Waals surface area contributed by atoms with Crippen LogP contribution in [0.2, 0.25) is 0 Å². The molecule has 0 aliphatic carbocycles. The van der Waals surface area contributed by atoms with Crippen molar-refractivity contribution in [1.29, 1.82) is 0 Å². The van der Waals surface area contributed by atoms with Gasteiger partial charge < -0.3 is 14.8 Å². The first kappa shape index (κ1) is 17.4. The van der Waals surface area contributed by atoms with E-state index in [1.165, 1.54) is 10.4 Å². The summed E-state index contributed by atoms with van der Waals surface area (Å²) in [4.78, 5) is 16.0. The zero-order valence-corrected chi connectivity index (χ0v) is 15.8. The van der Waals surface area contributed by atoms with Crippen molar-refractivity contribution in [2.45, 2.75) is 31.8 Å². The fourth-order valence-corrected chi connectivity index (χ4v) is 4.47. The number of hydrogen-bond acceptors (Lipinski definition) is 5. The van der Waals surface area contributed by atoms with Crippen LogP contribution in [-0.4, -0.2) is 37.1 Å². The first-order valence-corrected chi connectivity index (χ1v) is 10.0. The maximum atomic E-state index is 12.5. The highest BCUT2D eigenvalue weighted by atomic mass is 32.1. The van der Waals surface area contributed by atoms with Gasteiger partial charge in [0.15, 0.2) is 11.5 Å². The molecule has 6 heteroatoms. The van der Waals surface area contributed by atoms with E-state index in [1.807, 2.05) is 24.4 Å². The third kappa shape index (κ3) is 3.71. The monoisotopic (exact) mass is 372 g/mol. The fraction of sp³-hybridized carbons (Fsp3) is 0.450. The van der Waals surface area contributed by atoms with Gasteiger partial charge in [0.2, 0.25) is 5.91 Å². The molecule has 26 heavy (non-hydrogen) atoms. The van der Waals surface area contributed by atoms with E-state index < -0.39 is 0 Å². The molecule has 2 unspecified atom stereocenters. The Kier molecular flexibility index (Phi) is 5.13. The lowest BCUT2D eigenvalue weighted by Crippen LogP contribution is -2.37. The molecule has 138 valence electrons. The molecular weight excluding hydrogens is 348 g/mol. The second kappa shape index (κ2) is 7.68. The van der Waals surface area contributed by atoms with Gasteiger partial charge in [-0.05, 0) is 55.5 Å². The lowest BCUT2D eigenvalue weighted by atomic mass is 10.0. The van der Waals surface area contributed by atoms with Crippen LogP contribution in [0.25, 0.3) is 0 Å². The molecule has 2 aliphatic heterocycles. The van der Waals surface area contributed by atoms with Crippen molar-refractivity contribution in [2.75, 3.05) is 26.3 Å². The van der Waals surface area contributed by atoms with Crippen molar-refractivity contribution < 1.29 is 14.3 Å². The van der Waals surface area contributed by atoms with E-state index in [0.717, 1.165) is 30.9 Å². The third-order valence-corrected chi connectivity index (χ3v) is 6.06. The first-order chi connectivity index (χ1) is 12.7.